The molecule has 0 aromatic heterocycles. The zero-order valence-corrected chi connectivity index (χ0v) is 10.6. The number of hydrogen-bond acceptors (Lipinski definition) is 3. The van der Waals surface area contributed by atoms with Gasteiger partial charge in [-0.1, -0.05) is 23.3 Å². The molecule has 2 fully saturated rings. The van der Waals surface area contributed by atoms with Gasteiger partial charge in [0.1, 0.15) is 0 Å². The van der Waals surface area contributed by atoms with E-state index in [2.05, 4.69) is 12.2 Å². The average Bonchev–Trinajstić information content (AvgIpc) is 2.95. The van der Waals surface area contributed by atoms with Crippen LogP contribution >= 0.6 is 0 Å². The predicted molar refractivity (Wildman–Crippen MR) is 65.3 cm³/mol. The number of carbonyl (C=O) groups is 2. The first-order valence-corrected chi connectivity index (χ1v) is 6.39. The van der Waals surface area contributed by atoms with Gasteiger partial charge in [0.25, 0.3) is 0 Å². The fraction of sp³-hybridized carbons (Fsp3) is 0.571. The lowest BCUT2D eigenvalue weighted by Crippen LogP contribution is -2.35. The van der Waals surface area contributed by atoms with Gasteiger partial charge < -0.3 is 5.11 Å². The molecule has 0 unspecified atom stereocenters. The number of nitrogens with zero attached hydrogens (tertiary/aromatic N) is 1. The monoisotopic (exact) mass is 247 g/mol. The zero-order chi connectivity index (χ0) is 13.0. The Kier molecular flexibility index (Phi) is 2.45. The van der Waals surface area contributed by atoms with Crippen molar-refractivity contribution in [3.05, 3.63) is 23.3 Å². The molecular weight excluding hydrogens is 230 g/mol. The molecule has 1 N–H and O–H groups in total. The highest BCUT2D eigenvalue weighted by Gasteiger charge is 2.61. The maximum Gasteiger partial charge on any atom is 0.234 e. The highest BCUT2D eigenvalue weighted by Crippen LogP contribution is 2.56. The summed E-state index contributed by atoms with van der Waals surface area (Å²) in [6, 6.07) is 0. The maximum atomic E-state index is 12.3. The van der Waals surface area contributed by atoms with Crippen LogP contribution in [0.5, 0.6) is 0 Å². The molecule has 4 nitrogen and oxygen atoms in total. The summed E-state index contributed by atoms with van der Waals surface area (Å²) in [4.78, 5) is 25.8. The molecule has 1 saturated carbocycles. The number of rotatable bonds is 2. The second-order valence-electron chi connectivity index (χ2n) is 5.50. The van der Waals surface area contributed by atoms with Crippen LogP contribution in [0, 0.1) is 23.7 Å². The third kappa shape index (κ3) is 1.24. The fourth-order valence-corrected chi connectivity index (χ4v) is 3.81. The van der Waals surface area contributed by atoms with Crippen molar-refractivity contribution < 1.29 is 14.7 Å². The van der Waals surface area contributed by atoms with Gasteiger partial charge in [0.15, 0.2) is 0 Å². The summed E-state index contributed by atoms with van der Waals surface area (Å²) in [6.45, 7) is 4.07. The van der Waals surface area contributed by atoms with Gasteiger partial charge in [-0.15, -0.1) is 0 Å². The van der Waals surface area contributed by atoms with Crippen molar-refractivity contribution in [1.82, 2.24) is 4.90 Å². The van der Waals surface area contributed by atoms with Crippen LogP contribution in [0.15, 0.2) is 23.3 Å². The third-order valence-corrected chi connectivity index (χ3v) is 4.41. The Morgan fingerprint density at radius 2 is 1.67 bits per heavy atom. The summed E-state index contributed by atoms with van der Waals surface area (Å²) in [5.74, 6) is -0.438. The first-order valence-electron chi connectivity index (χ1n) is 6.39. The Labute approximate surface area is 106 Å². The van der Waals surface area contributed by atoms with Gasteiger partial charge in [0.2, 0.25) is 11.8 Å². The molecule has 0 radical (unpaired) electrons. The molecule has 0 aromatic carbocycles. The minimum atomic E-state index is -0.219. The van der Waals surface area contributed by atoms with E-state index >= 15 is 0 Å². The van der Waals surface area contributed by atoms with Gasteiger partial charge >= 0.3 is 0 Å². The molecule has 2 aliphatic carbocycles. The molecule has 3 rings (SSSR count). The van der Waals surface area contributed by atoms with E-state index in [0.29, 0.717) is 0 Å². The summed E-state index contributed by atoms with van der Waals surface area (Å²) in [5, 5.41) is 8.94. The van der Waals surface area contributed by atoms with E-state index in [0.717, 1.165) is 0 Å². The summed E-state index contributed by atoms with van der Waals surface area (Å²) >= 11 is 0. The number of likely N-dealkylation sites (tertiary alicyclic amines) is 1. The molecule has 1 saturated heterocycles. The number of allylic oxidation sites excluding steroid dienone is 4. The lowest BCUT2D eigenvalue weighted by molar-refractivity contribution is -0.141. The van der Waals surface area contributed by atoms with Gasteiger partial charge in [-0.3, -0.25) is 14.5 Å². The number of amides is 2. The van der Waals surface area contributed by atoms with E-state index in [4.69, 9.17) is 5.11 Å². The van der Waals surface area contributed by atoms with E-state index in [9.17, 15) is 9.59 Å². The molecule has 1 heterocycles. The van der Waals surface area contributed by atoms with Gasteiger partial charge in [-0.05, 0) is 13.8 Å². The molecular formula is C14H17NO3. The van der Waals surface area contributed by atoms with Crippen molar-refractivity contribution in [2.24, 2.45) is 23.7 Å². The first kappa shape index (κ1) is 11.7. The van der Waals surface area contributed by atoms with Crippen LogP contribution in [-0.2, 0) is 9.59 Å². The molecule has 18 heavy (non-hydrogen) atoms. The Hall–Kier alpha value is -1.42. The Morgan fingerprint density at radius 3 is 2.06 bits per heavy atom. The van der Waals surface area contributed by atoms with E-state index in [1.165, 1.54) is 16.0 Å². The number of carbonyl (C=O) groups excluding carboxylic acids is 2. The summed E-state index contributed by atoms with van der Waals surface area (Å²) in [6.07, 6.45) is 4.14. The molecule has 2 amide bonds. The Bertz CT molecular complexity index is 453. The van der Waals surface area contributed by atoms with Crippen LogP contribution in [-0.4, -0.2) is 35.0 Å². The normalized spacial score (nSPS) is 36.8. The topological polar surface area (TPSA) is 57.6 Å². The van der Waals surface area contributed by atoms with Crippen LogP contribution in [0.25, 0.3) is 0 Å². The number of aliphatic hydroxyl groups excluding tert-OH is 1. The summed E-state index contributed by atoms with van der Waals surface area (Å²) in [5.41, 5.74) is 2.48. The van der Waals surface area contributed by atoms with Gasteiger partial charge in [0.05, 0.1) is 25.0 Å². The molecule has 96 valence electrons. The number of β-amino-alcohol motifs (C(OH)–C–C–N with tert-alkyl or cyclic N) is 1. The van der Waals surface area contributed by atoms with Crippen molar-refractivity contribution in [2.45, 2.75) is 13.8 Å². The first-order chi connectivity index (χ1) is 8.57. The van der Waals surface area contributed by atoms with E-state index in [1.54, 1.807) is 0 Å². The second-order valence-corrected chi connectivity index (χ2v) is 5.50. The predicted octanol–water partition coefficient (Wildman–Crippen LogP) is 0.732. The van der Waals surface area contributed by atoms with Crippen molar-refractivity contribution in [2.75, 3.05) is 13.2 Å². The largest absolute Gasteiger partial charge is 0.395 e. The summed E-state index contributed by atoms with van der Waals surface area (Å²) in [7, 11) is 0. The molecule has 0 spiro atoms. The molecule has 3 aliphatic rings. The SMILES string of the molecule is CC(C)=C1[C@@H]2C=C[C@@H]1[C@H]1C(=O)N(CCO)C(=O)[C@@H]12. The Morgan fingerprint density at radius 1 is 1.17 bits per heavy atom. The number of fused-ring (bicyclic) bond motifs is 5. The van der Waals surface area contributed by atoms with Gasteiger partial charge in [0, 0.05) is 11.8 Å². The Balaban J connectivity index is 2.01. The van der Waals surface area contributed by atoms with Crippen LogP contribution in [0.2, 0.25) is 0 Å². The minimum absolute atomic E-state index is 0.102. The van der Waals surface area contributed by atoms with Gasteiger partial charge in [-0.2, -0.15) is 0 Å². The lowest BCUT2D eigenvalue weighted by atomic mass is 9.85. The number of aliphatic hydroxyl groups is 1. The average molecular weight is 247 g/mol. The maximum absolute atomic E-state index is 12.3. The smallest absolute Gasteiger partial charge is 0.234 e. The van der Waals surface area contributed by atoms with Crippen molar-refractivity contribution >= 4 is 11.8 Å². The van der Waals surface area contributed by atoms with E-state index in [-0.39, 0.29) is 48.6 Å². The molecule has 0 aromatic rings. The van der Waals surface area contributed by atoms with Crippen molar-refractivity contribution in [3.8, 4) is 0 Å². The standard InChI is InChI=1S/C14H17NO3/c1-7(2)10-8-3-4-9(10)12-11(8)13(17)15(5-6-16)14(12)18/h3-4,8-9,11-12,16H,5-6H2,1-2H3/t8-,9-,11+,12+/m0/s1. The van der Waals surface area contributed by atoms with Crippen LogP contribution in [0.3, 0.4) is 0 Å². The van der Waals surface area contributed by atoms with E-state index < -0.39 is 0 Å². The zero-order valence-electron chi connectivity index (χ0n) is 10.6. The number of imide groups is 1. The van der Waals surface area contributed by atoms with Gasteiger partial charge in [-0.25, -0.2) is 0 Å². The molecule has 4 atom stereocenters. The lowest BCUT2D eigenvalue weighted by Gasteiger charge is -2.18. The van der Waals surface area contributed by atoms with E-state index in [1.807, 2.05) is 13.8 Å². The van der Waals surface area contributed by atoms with Crippen LogP contribution in [0.4, 0.5) is 0 Å². The minimum Gasteiger partial charge on any atom is -0.395 e. The number of hydrogen-bond donors (Lipinski definition) is 1. The highest BCUT2D eigenvalue weighted by molar-refractivity contribution is 6.07. The van der Waals surface area contributed by atoms with Crippen molar-refractivity contribution in [1.29, 1.82) is 0 Å². The molecule has 1 aliphatic heterocycles. The van der Waals surface area contributed by atoms with Crippen LogP contribution in [0.1, 0.15) is 13.8 Å². The van der Waals surface area contributed by atoms with Crippen molar-refractivity contribution in [3.63, 3.8) is 0 Å². The highest BCUT2D eigenvalue weighted by atomic mass is 16.3. The summed E-state index contributed by atoms with van der Waals surface area (Å²) < 4.78 is 0. The van der Waals surface area contributed by atoms with Crippen LogP contribution < -0.4 is 0 Å². The second kappa shape index (κ2) is 3.79. The quantitative estimate of drug-likeness (QED) is 0.578. The third-order valence-electron chi connectivity index (χ3n) is 4.41. The molecule has 2 bridgehead atoms. The molecule has 4 heteroatoms. The fourth-order valence-electron chi connectivity index (χ4n) is 3.81.